The Morgan fingerprint density at radius 3 is 2.70 bits per heavy atom. The van der Waals surface area contributed by atoms with Gasteiger partial charge >= 0.3 is 6.03 Å². The second-order valence-corrected chi connectivity index (χ2v) is 7.09. The summed E-state index contributed by atoms with van der Waals surface area (Å²) in [5.74, 6) is 0. The maximum absolute atomic E-state index is 11.6. The Morgan fingerprint density at radius 2 is 2.09 bits per heavy atom. The Bertz CT molecular complexity index is 706. The first-order valence-electron chi connectivity index (χ1n) is 7.97. The number of nitrogens with zero attached hydrogens (tertiary/aromatic N) is 3. The molecule has 2 aliphatic rings. The molecule has 0 unspecified atom stereocenters. The first-order valence-corrected chi connectivity index (χ1v) is 8.85. The summed E-state index contributed by atoms with van der Waals surface area (Å²) in [5.41, 5.74) is 5.55. The van der Waals surface area contributed by atoms with E-state index in [1.165, 1.54) is 16.0 Å². The van der Waals surface area contributed by atoms with Crippen molar-refractivity contribution in [3.8, 4) is 10.4 Å². The number of aromatic nitrogens is 1. The highest BCUT2D eigenvalue weighted by atomic mass is 32.1. The fraction of sp³-hybridized carbons (Fsp3) is 0.412. The lowest BCUT2D eigenvalue weighted by molar-refractivity contribution is 0.0589. The van der Waals surface area contributed by atoms with Crippen LogP contribution in [-0.4, -0.2) is 53.0 Å². The van der Waals surface area contributed by atoms with Gasteiger partial charge in [-0.05, 0) is 18.1 Å². The number of rotatable bonds is 4. The lowest BCUT2D eigenvalue weighted by Gasteiger charge is -2.43. The van der Waals surface area contributed by atoms with Crippen LogP contribution in [0.3, 0.4) is 0 Å². The molecule has 0 radical (unpaired) electrons. The van der Waals surface area contributed by atoms with Crippen LogP contribution in [0.25, 0.3) is 10.4 Å². The van der Waals surface area contributed by atoms with Gasteiger partial charge in [0, 0.05) is 32.7 Å². The molecule has 0 spiro atoms. The third kappa shape index (κ3) is 2.84. The number of carbonyl (C=O) groups excluding carboxylic acids is 1. The topological polar surface area (TPSA) is 48.5 Å². The Labute approximate surface area is 139 Å². The molecule has 1 N–H and O–H groups in total. The van der Waals surface area contributed by atoms with E-state index >= 15 is 0 Å². The average Bonchev–Trinajstić information content (AvgIpc) is 3.12. The summed E-state index contributed by atoms with van der Waals surface area (Å²) in [5, 5.41) is 2.87. The predicted octanol–water partition coefficient (Wildman–Crippen LogP) is 2.33. The molecule has 0 bridgehead atoms. The van der Waals surface area contributed by atoms with E-state index in [0.29, 0.717) is 6.04 Å². The summed E-state index contributed by atoms with van der Waals surface area (Å²) in [7, 11) is 0. The molecule has 0 atom stereocenters. The first-order chi connectivity index (χ1) is 11.2. The highest BCUT2D eigenvalue weighted by Gasteiger charge is 2.36. The van der Waals surface area contributed by atoms with Crippen LogP contribution in [-0.2, 0) is 6.54 Å². The second kappa shape index (κ2) is 5.94. The van der Waals surface area contributed by atoms with Crippen molar-refractivity contribution >= 4 is 17.4 Å². The molecule has 6 heteroatoms. The number of carbonyl (C=O) groups is 1. The van der Waals surface area contributed by atoms with Crippen molar-refractivity contribution in [2.45, 2.75) is 19.5 Å². The van der Waals surface area contributed by atoms with Crippen LogP contribution in [0.4, 0.5) is 4.79 Å². The number of aryl methyl sites for hydroxylation is 1. The summed E-state index contributed by atoms with van der Waals surface area (Å²) >= 11 is 1.69. The van der Waals surface area contributed by atoms with E-state index in [0.717, 1.165) is 38.4 Å². The third-order valence-corrected chi connectivity index (χ3v) is 5.61. The van der Waals surface area contributed by atoms with E-state index in [1.807, 2.05) is 10.4 Å². The predicted molar refractivity (Wildman–Crippen MR) is 91.5 cm³/mol. The zero-order valence-corrected chi connectivity index (χ0v) is 14.0. The molecule has 1 aromatic heterocycles. The summed E-state index contributed by atoms with van der Waals surface area (Å²) in [6.07, 6.45) is 0. The van der Waals surface area contributed by atoms with Gasteiger partial charge in [-0.1, -0.05) is 24.3 Å². The number of urea groups is 1. The van der Waals surface area contributed by atoms with Crippen molar-refractivity contribution in [2.24, 2.45) is 0 Å². The van der Waals surface area contributed by atoms with E-state index in [1.54, 1.807) is 11.3 Å². The first kappa shape index (κ1) is 14.7. The number of thiazole rings is 1. The van der Waals surface area contributed by atoms with Gasteiger partial charge in [-0.2, -0.15) is 0 Å². The van der Waals surface area contributed by atoms with Crippen molar-refractivity contribution in [3.05, 3.63) is 41.0 Å². The lowest BCUT2D eigenvalue weighted by Crippen LogP contribution is -2.59. The van der Waals surface area contributed by atoms with Gasteiger partial charge < -0.3 is 10.2 Å². The molecule has 4 rings (SSSR count). The molecule has 2 aromatic rings. The molecule has 2 aliphatic heterocycles. The normalized spacial score (nSPS) is 19.0. The number of nitrogens with one attached hydrogen (secondary N) is 1. The molecule has 2 fully saturated rings. The Kier molecular flexibility index (Phi) is 3.79. The van der Waals surface area contributed by atoms with Gasteiger partial charge in [0.05, 0.1) is 22.1 Å². The van der Waals surface area contributed by atoms with Gasteiger partial charge in [-0.3, -0.25) is 4.90 Å². The van der Waals surface area contributed by atoms with E-state index in [9.17, 15) is 4.79 Å². The van der Waals surface area contributed by atoms with E-state index in [-0.39, 0.29) is 6.03 Å². The fourth-order valence-corrected chi connectivity index (χ4v) is 4.11. The molecule has 23 heavy (non-hydrogen) atoms. The molecule has 5 nitrogen and oxygen atoms in total. The van der Waals surface area contributed by atoms with Gasteiger partial charge in [0.1, 0.15) is 0 Å². The standard InChI is InChI=1S/C17H20N4OS/c1-12-16(23-11-19-12)14-4-2-13(3-5-14)8-20-9-15(10-20)21-7-6-18-17(21)22/h2-5,11,15H,6-10H2,1H3,(H,18,22). The zero-order valence-electron chi connectivity index (χ0n) is 13.2. The largest absolute Gasteiger partial charge is 0.336 e. The zero-order chi connectivity index (χ0) is 15.8. The lowest BCUT2D eigenvalue weighted by atomic mass is 10.0. The summed E-state index contributed by atoms with van der Waals surface area (Å²) in [4.78, 5) is 21.6. The minimum Gasteiger partial charge on any atom is -0.336 e. The smallest absolute Gasteiger partial charge is 0.317 e. The van der Waals surface area contributed by atoms with Crippen LogP contribution in [0.5, 0.6) is 0 Å². The average molecular weight is 328 g/mol. The molecule has 1 aromatic carbocycles. The monoisotopic (exact) mass is 328 g/mol. The highest BCUT2D eigenvalue weighted by molar-refractivity contribution is 7.13. The van der Waals surface area contributed by atoms with Crippen LogP contribution < -0.4 is 5.32 Å². The summed E-state index contributed by atoms with van der Waals surface area (Å²) in [6, 6.07) is 9.24. The van der Waals surface area contributed by atoms with E-state index < -0.39 is 0 Å². The molecule has 0 saturated carbocycles. The van der Waals surface area contributed by atoms with Crippen molar-refractivity contribution in [2.75, 3.05) is 26.2 Å². The van der Waals surface area contributed by atoms with Gasteiger partial charge in [-0.25, -0.2) is 9.78 Å². The van der Waals surface area contributed by atoms with Gasteiger partial charge in [-0.15, -0.1) is 11.3 Å². The summed E-state index contributed by atoms with van der Waals surface area (Å²) in [6.45, 7) is 6.59. The van der Waals surface area contributed by atoms with E-state index in [4.69, 9.17) is 0 Å². The molecule has 0 aliphatic carbocycles. The maximum Gasteiger partial charge on any atom is 0.317 e. The molecule has 2 saturated heterocycles. The Balaban J connectivity index is 1.34. The van der Waals surface area contributed by atoms with Crippen LogP contribution >= 0.6 is 11.3 Å². The summed E-state index contributed by atoms with van der Waals surface area (Å²) < 4.78 is 0. The van der Waals surface area contributed by atoms with Crippen LogP contribution in [0, 0.1) is 6.92 Å². The van der Waals surface area contributed by atoms with Crippen molar-refractivity contribution in [1.29, 1.82) is 0 Å². The van der Waals surface area contributed by atoms with Gasteiger partial charge in [0.25, 0.3) is 0 Å². The van der Waals surface area contributed by atoms with Crippen molar-refractivity contribution in [1.82, 2.24) is 20.1 Å². The molecule has 2 amide bonds. The van der Waals surface area contributed by atoms with Crippen LogP contribution in [0.1, 0.15) is 11.3 Å². The van der Waals surface area contributed by atoms with Crippen LogP contribution in [0.15, 0.2) is 29.8 Å². The maximum atomic E-state index is 11.6. The van der Waals surface area contributed by atoms with Gasteiger partial charge in [0.2, 0.25) is 0 Å². The quantitative estimate of drug-likeness (QED) is 0.937. The van der Waals surface area contributed by atoms with Crippen molar-refractivity contribution < 1.29 is 4.79 Å². The number of likely N-dealkylation sites (tertiary alicyclic amines) is 1. The third-order valence-electron chi connectivity index (χ3n) is 4.64. The minimum atomic E-state index is 0.0962. The fourth-order valence-electron chi connectivity index (χ4n) is 3.30. The second-order valence-electron chi connectivity index (χ2n) is 6.24. The number of benzene rings is 1. The Hall–Kier alpha value is -1.92. The number of amides is 2. The number of hydrogen-bond acceptors (Lipinski definition) is 4. The number of hydrogen-bond donors (Lipinski definition) is 1. The van der Waals surface area contributed by atoms with E-state index in [2.05, 4.69) is 46.4 Å². The SMILES string of the molecule is Cc1ncsc1-c1ccc(CN2CC(N3CCNC3=O)C2)cc1. The molecular weight excluding hydrogens is 308 g/mol. The molecule has 3 heterocycles. The molecular formula is C17H20N4OS. The highest BCUT2D eigenvalue weighted by Crippen LogP contribution is 2.28. The van der Waals surface area contributed by atoms with Crippen molar-refractivity contribution in [3.63, 3.8) is 0 Å². The molecule has 120 valence electrons. The minimum absolute atomic E-state index is 0.0962. The Morgan fingerprint density at radius 1 is 1.30 bits per heavy atom. The van der Waals surface area contributed by atoms with Crippen LogP contribution in [0.2, 0.25) is 0 Å². The van der Waals surface area contributed by atoms with Gasteiger partial charge in [0.15, 0.2) is 0 Å².